The molecule has 1 atom stereocenters. The first kappa shape index (κ1) is 21.8. The van der Waals surface area contributed by atoms with Gasteiger partial charge in [-0.3, -0.25) is 4.90 Å². The van der Waals surface area contributed by atoms with Crippen LogP contribution >= 0.6 is 0 Å². The van der Waals surface area contributed by atoms with E-state index in [9.17, 15) is 4.79 Å². The fourth-order valence-corrected chi connectivity index (χ4v) is 4.86. The second kappa shape index (κ2) is 9.81. The minimum Gasteiger partial charge on any atom is -0.450 e. The molecule has 2 aromatic rings. The number of rotatable bonds is 5. The fourth-order valence-electron chi connectivity index (χ4n) is 4.86. The van der Waals surface area contributed by atoms with Gasteiger partial charge in [-0.15, -0.1) is 0 Å². The summed E-state index contributed by atoms with van der Waals surface area (Å²) in [6.45, 7) is 11.4. The summed E-state index contributed by atoms with van der Waals surface area (Å²) in [4.78, 5) is 28.8. The summed E-state index contributed by atoms with van der Waals surface area (Å²) >= 11 is 0. The molecule has 2 saturated heterocycles. The zero-order valence-electron chi connectivity index (χ0n) is 19.1. The average Bonchev–Trinajstić information content (AvgIpc) is 2.80. The number of amides is 1. The van der Waals surface area contributed by atoms with Crippen molar-refractivity contribution in [2.24, 2.45) is 0 Å². The minimum absolute atomic E-state index is 0.220. The molecule has 0 spiro atoms. The van der Waals surface area contributed by atoms with Crippen LogP contribution in [0.4, 0.5) is 10.6 Å². The Bertz CT molecular complexity index is 910. The maximum absolute atomic E-state index is 12.1. The smallest absolute Gasteiger partial charge is 0.409 e. The molecule has 0 saturated carbocycles. The van der Waals surface area contributed by atoms with Gasteiger partial charge in [0.25, 0.3) is 0 Å². The second-order valence-corrected chi connectivity index (χ2v) is 8.64. The Labute approximate surface area is 185 Å². The molecular formula is C24H35N5O2. The summed E-state index contributed by atoms with van der Waals surface area (Å²) < 4.78 is 5.17. The van der Waals surface area contributed by atoms with Crippen LogP contribution in [-0.2, 0) is 11.3 Å². The predicted octanol–water partition coefficient (Wildman–Crippen LogP) is 3.98. The molecule has 7 nitrogen and oxygen atoms in total. The number of para-hydroxylation sites is 1. The van der Waals surface area contributed by atoms with Crippen LogP contribution < -0.4 is 4.90 Å². The normalized spacial score (nSPS) is 20.3. The largest absolute Gasteiger partial charge is 0.450 e. The van der Waals surface area contributed by atoms with Crippen LogP contribution in [0.15, 0.2) is 18.2 Å². The Morgan fingerprint density at radius 1 is 1.10 bits per heavy atom. The number of hydrogen-bond donors (Lipinski definition) is 0. The van der Waals surface area contributed by atoms with E-state index in [0.717, 1.165) is 48.7 Å². The molecule has 31 heavy (non-hydrogen) atoms. The Kier molecular flexibility index (Phi) is 6.90. The van der Waals surface area contributed by atoms with Gasteiger partial charge in [0, 0.05) is 37.6 Å². The van der Waals surface area contributed by atoms with E-state index in [1.165, 1.54) is 31.2 Å². The molecular weight excluding hydrogens is 390 g/mol. The molecule has 168 valence electrons. The van der Waals surface area contributed by atoms with Crippen LogP contribution in [0.25, 0.3) is 10.9 Å². The molecule has 7 heteroatoms. The molecule has 2 aliphatic rings. The third kappa shape index (κ3) is 4.76. The van der Waals surface area contributed by atoms with E-state index >= 15 is 0 Å². The summed E-state index contributed by atoms with van der Waals surface area (Å²) in [6.07, 6.45) is 4.80. The molecule has 0 radical (unpaired) electrons. The molecule has 1 amide bonds. The number of carbonyl (C=O) groups is 1. The maximum Gasteiger partial charge on any atom is 0.409 e. The number of fused-ring (bicyclic) bond motifs is 1. The first-order valence-electron chi connectivity index (χ1n) is 11.8. The van der Waals surface area contributed by atoms with E-state index in [1.807, 2.05) is 6.92 Å². The van der Waals surface area contributed by atoms with Crippen LogP contribution in [0.2, 0.25) is 0 Å². The molecule has 0 bridgehead atoms. The Hall–Kier alpha value is -2.41. The van der Waals surface area contributed by atoms with E-state index in [2.05, 4.69) is 41.8 Å². The number of aryl methyl sites for hydroxylation is 1. The second-order valence-electron chi connectivity index (χ2n) is 8.64. The van der Waals surface area contributed by atoms with Crippen molar-refractivity contribution in [2.75, 3.05) is 44.2 Å². The summed E-state index contributed by atoms with van der Waals surface area (Å²) in [5.41, 5.74) is 2.22. The van der Waals surface area contributed by atoms with Crippen molar-refractivity contribution in [3.63, 3.8) is 0 Å². The number of benzene rings is 1. The molecule has 2 fully saturated rings. The Morgan fingerprint density at radius 3 is 2.65 bits per heavy atom. The van der Waals surface area contributed by atoms with E-state index in [0.29, 0.717) is 25.7 Å². The van der Waals surface area contributed by atoms with E-state index in [4.69, 9.17) is 14.7 Å². The van der Waals surface area contributed by atoms with Gasteiger partial charge in [0.05, 0.1) is 18.7 Å². The molecule has 1 aromatic carbocycles. The first-order chi connectivity index (χ1) is 15.1. The van der Waals surface area contributed by atoms with Crippen molar-refractivity contribution in [1.82, 2.24) is 19.8 Å². The van der Waals surface area contributed by atoms with Crippen molar-refractivity contribution < 1.29 is 9.53 Å². The van der Waals surface area contributed by atoms with Crippen LogP contribution in [0.3, 0.4) is 0 Å². The zero-order valence-corrected chi connectivity index (χ0v) is 19.1. The van der Waals surface area contributed by atoms with Gasteiger partial charge in [-0.05, 0) is 51.3 Å². The zero-order chi connectivity index (χ0) is 21.8. The molecule has 0 aliphatic carbocycles. The lowest BCUT2D eigenvalue weighted by Gasteiger charge is -2.36. The number of hydrogen-bond acceptors (Lipinski definition) is 6. The van der Waals surface area contributed by atoms with Gasteiger partial charge in [-0.2, -0.15) is 0 Å². The summed E-state index contributed by atoms with van der Waals surface area (Å²) in [6, 6.07) is 6.95. The highest BCUT2D eigenvalue weighted by Gasteiger charge is 2.26. The summed E-state index contributed by atoms with van der Waals surface area (Å²) in [5.74, 6) is 1.90. The third-order valence-electron chi connectivity index (χ3n) is 6.62. The first-order valence-corrected chi connectivity index (χ1v) is 11.8. The number of carbonyl (C=O) groups excluding carboxylic acids is 1. The van der Waals surface area contributed by atoms with Gasteiger partial charge in [0.1, 0.15) is 11.6 Å². The fraction of sp³-hybridized carbons (Fsp3) is 0.625. The van der Waals surface area contributed by atoms with Gasteiger partial charge in [-0.25, -0.2) is 14.8 Å². The maximum atomic E-state index is 12.1. The van der Waals surface area contributed by atoms with Crippen LogP contribution in [0.1, 0.15) is 50.9 Å². The number of likely N-dealkylation sites (tertiary alicyclic amines) is 1. The lowest BCUT2D eigenvalue weighted by atomic mass is 10.00. The topological polar surface area (TPSA) is 61.8 Å². The Morgan fingerprint density at radius 2 is 1.90 bits per heavy atom. The van der Waals surface area contributed by atoms with Crippen LogP contribution in [0.5, 0.6) is 0 Å². The van der Waals surface area contributed by atoms with Gasteiger partial charge >= 0.3 is 6.09 Å². The van der Waals surface area contributed by atoms with Crippen LogP contribution in [0, 0.1) is 6.92 Å². The van der Waals surface area contributed by atoms with Gasteiger partial charge < -0.3 is 14.5 Å². The minimum atomic E-state index is -0.220. The van der Waals surface area contributed by atoms with Crippen molar-refractivity contribution in [2.45, 2.75) is 59.0 Å². The highest BCUT2D eigenvalue weighted by Crippen LogP contribution is 2.28. The molecule has 1 aromatic heterocycles. The number of ether oxygens (including phenoxy) is 1. The SMILES string of the molecule is CCOC(=O)N1CCN(c2nc(CN3CCCCC3CC)nc3c(C)cccc23)CC1. The number of nitrogens with zero attached hydrogens (tertiary/aromatic N) is 5. The van der Waals surface area contributed by atoms with Crippen molar-refractivity contribution >= 4 is 22.8 Å². The molecule has 4 rings (SSSR count). The predicted molar refractivity (Wildman–Crippen MR) is 123 cm³/mol. The highest BCUT2D eigenvalue weighted by molar-refractivity contribution is 5.91. The standard InChI is InChI=1S/C24H35N5O2/c1-4-19-10-6-7-12-29(19)17-21-25-22-18(3)9-8-11-20(22)23(26-21)27-13-15-28(16-14-27)24(30)31-5-2/h8-9,11,19H,4-7,10,12-17H2,1-3H3. The lowest BCUT2D eigenvalue weighted by molar-refractivity contribution is 0.105. The lowest BCUT2D eigenvalue weighted by Crippen LogP contribution is -2.49. The van der Waals surface area contributed by atoms with Gasteiger partial charge in [0.15, 0.2) is 0 Å². The van der Waals surface area contributed by atoms with E-state index < -0.39 is 0 Å². The molecule has 3 heterocycles. The molecule has 0 N–H and O–H groups in total. The van der Waals surface area contributed by atoms with Gasteiger partial charge in [0.2, 0.25) is 0 Å². The van der Waals surface area contributed by atoms with Crippen LogP contribution in [-0.4, -0.2) is 71.2 Å². The number of piperidine rings is 1. The monoisotopic (exact) mass is 425 g/mol. The number of anilines is 1. The Balaban J connectivity index is 1.60. The molecule has 2 aliphatic heterocycles. The summed E-state index contributed by atoms with van der Waals surface area (Å²) in [5, 5.41) is 1.10. The van der Waals surface area contributed by atoms with Crippen molar-refractivity contribution in [1.29, 1.82) is 0 Å². The number of aromatic nitrogens is 2. The quantitative estimate of drug-likeness (QED) is 0.722. The average molecular weight is 426 g/mol. The van der Waals surface area contributed by atoms with Crippen molar-refractivity contribution in [3.05, 3.63) is 29.6 Å². The third-order valence-corrected chi connectivity index (χ3v) is 6.62. The highest BCUT2D eigenvalue weighted by atomic mass is 16.6. The van der Waals surface area contributed by atoms with Crippen molar-refractivity contribution in [3.8, 4) is 0 Å². The number of piperazine rings is 1. The molecule has 1 unspecified atom stereocenters. The summed E-state index contributed by atoms with van der Waals surface area (Å²) in [7, 11) is 0. The van der Waals surface area contributed by atoms with E-state index in [1.54, 1.807) is 4.90 Å². The van der Waals surface area contributed by atoms with E-state index in [-0.39, 0.29) is 6.09 Å². The van der Waals surface area contributed by atoms with Gasteiger partial charge in [-0.1, -0.05) is 25.5 Å².